The summed E-state index contributed by atoms with van der Waals surface area (Å²) >= 11 is 0. The second-order valence-corrected chi connectivity index (χ2v) is 7.34. The Morgan fingerprint density at radius 1 is 0.743 bits per heavy atom. The molecule has 0 aliphatic heterocycles. The van der Waals surface area contributed by atoms with Crippen LogP contribution < -0.4 is 10.9 Å². The van der Waals surface area contributed by atoms with Gasteiger partial charge in [0.2, 0.25) is 0 Å². The summed E-state index contributed by atoms with van der Waals surface area (Å²) in [4.78, 5) is 12.1. The van der Waals surface area contributed by atoms with Gasteiger partial charge >= 0.3 is 10.4 Å². The molecule has 3 rings (SSSR count). The number of nitrogens with zero attached hydrogens (tertiary/aromatic N) is 2. The quantitative estimate of drug-likeness (QED) is 0.171. The van der Waals surface area contributed by atoms with Crippen molar-refractivity contribution in [2.75, 3.05) is 5.43 Å². The molecule has 0 heterocycles. The van der Waals surface area contributed by atoms with Gasteiger partial charge in [0, 0.05) is 5.56 Å². The van der Waals surface area contributed by atoms with E-state index in [1.54, 1.807) is 12.1 Å². The van der Waals surface area contributed by atoms with Crippen molar-refractivity contribution in [1.29, 1.82) is 0 Å². The molecule has 0 saturated heterocycles. The van der Waals surface area contributed by atoms with Gasteiger partial charge in [0.15, 0.2) is 23.3 Å². The van der Waals surface area contributed by atoms with Crippen LogP contribution in [0, 0.1) is 23.3 Å². The van der Waals surface area contributed by atoms with E-state index >= 15 is 0 Å². The third kappa shape index (κ3) is 10.1. The van der Waals surface area contributed by atoms with Crippen LogP contribution in [0.1, 0.15) is 21.5 Å². The van der Waals surface area contributed by atoms with Gasteiger partial charge in [-0.25, -0.2) is 23.0 Å². The van der Waals surface area contributed by atoms with Crippen LogP contribution >= 0.6 is 0 Å². The van der Waals surface area contributed by atoms with Crippen molar-refractivity contribution in [3.05, 3.63) is 101 Å². The van der Waals surface area contributed by atoms with Gasteiger partial charge in [-0.05, 0) is 59.7 Å². The highest BCUT2D eigenvalue weighted by atomic mass is 32.3. The van der Waals surface area contributed by atoms with Gasteiger partial charge in [0.25, 0.3) is 5.91 Å². The van der Waals surface area contributed by atoms with E-state index in [9.17, 15) is 22.4 Å². The Bertz CT molecular complexity index is 1340. The zero-order chi connectivity index (χ0) is 26.0. The summed E-state index contributed by atoms with van der Waals surface area (Å²) in [6.45, 7) is 0. The maximum atomic E-state index is 13.1. The van der Waals surface area contributed by atoms with Crippen LogP contribution in [0.2, 0.25) is 0 Å². The van der Waals surface area contributed by atoms with Crippen molar-refractivity contribution >= 4 is 34.4 Å². The van der Waals surface area contributed by atoms with Crippen molar-refractivity contribution in [2.24, 2.45) is 10.2 Å². The molecular weight excluding hydrogens is 496 g/mol. The second-order valence-electron chi connectivity index (χ2n) is 6.44. The normalized spacial score (nSPS) is 11.3. The Balaban J connectivity index is 0.000000784. The van der Waals surface area contributed by atoms with E-state index < -0.39 is 39.6 Å². The topological polar surface area (TPSA) is 140 Å². The van der Waals surface area contributed by atoms with E-state index in [2.05, 4.69) is 21.1 Å². The number of hydrogen-bond donors (Lipinski definition) is 4. The number of benzene rings is 3. The Morgan fingerprint density at radius 2 is 1.20 bits per heavy atom. The van der Waals surface area contributed by atoms with Gasteiger partial charge in [0.1, 0.15) is 0 Å². The van der Waals surface area contributed by atoms with Gasteiger partial charge in [-0.1, -0.05) is 12.1 Å². The number of hydrogen-bond acceptors (Lipinski definition) is 6. The van der Waals surface area contributed by atoms with Crippen LogP contribution in [0.15, 0.2) is 70.9 Å². The molecule has 184 valence electrons. The number of amides is 1. The van der Waals surface area contributed by atoms with Crippen LogP contribution in [-0.2, 0) is 10.4 Å². The highest BCUT2D eigenvalue weighted by Gasteiger charge is 2.05. The van der Waals surface area contributed by atoms with Gasteiger partial charge in [0.05, 0.1) is 18.1 Å². The van der Waals surface area contributed by atoms with E-state index in [0.717, 1.165) is 24.3 Å². The van der Waals surface area contributed by atoms with E-state index in [4.69, 9.17) is 17.5 Å². The average Bonchev–Trinajstić information content (AvgIpc) is 2.78. The van der Waals surface area contributed by atoms with E-state index in [-0.39, 0.29) is 5.56 Å². The fraction of sp³-hybridized carbons (Fsp3) is 0. The van der Waals surface area contributed by atoms with Crippen LogP contribution in [0.25, 0.3) is 0 Å². The molecule has 0 atom stereocenters. The zero-order valence-electron chi connectivity index (χ0n) is 17.4. The number of nitrogens with one attached hydrogen (secondary N) is 2. The Hall–Kier alpha value is -4.14. The van der Waals surface area contributed by atoms with Crippen LogP contribution in [-0.4, -0.2) is 35.9 Å². The van der Waals surface area contributed by atoms with Crippen molar-refractivity contribution in [1.82, 2.24) is 5.43 Å². The summed E-state index contributed by atoms with van der Waals surface area (Å²) in [5.41, 5.74) is 6.47. The molecule has 4 N–H and O–H groups in total. The molecule has 0 spiro atoms. The first kappa shape index (κ1) is 27.1. The lowest BCUT2D eigenvalue weighted by atomic mass is 10.2. The van der Waals surface area contributed by atoms with E-state index in [1.165, 1.54) is 36.7 Å². The van der Waals surface area contributed by atoms with Crippen LogP contribution in [0.3, 0.4) is 0 Å². The molecule has 0 radical (unpaired) electrons. The number of anilines is 1. The Kier molecular flexibility index (Phi) is 9.57. The summed E-state index contributed by atoms with van der Waals surface area (Å²) in [5, 5.41) is 7.61. The molecule has 14 heteroatoms. The third-order valence-corrected chi connectivity index (χ3v) is 3.82. The van der Waals surface area contributed by atoms with Crippen LogP contribution in [0.4, 0.5) is 23.2 Å². The van der Waals surface area contributed by atoms with Crippen LogP contribution in [0.5, 0.6) is 0 Å². The highest BCUT2D eigenvalue weighted by Crippen LogP contribution is 2.11. The molecule has 1 amide bonds. The minimum absolute atomic E-state index is 0.285. The molecule has 0 fully saturated rings. The largest absolute Gasteiger partial charge is 0.394 e. The third-order valence-electron chi connectivity index (χ3n) is 3.82. The Morgan fingerprint density at radius 3 is 1.66 bits per heavy atom. The fourth-order valence-electron chi connectivity index (χ4n) is 2.29. The summed E-state index contributed by atoms with van der Waals surface area (Å²) in [5.74, 6) is -4.41. The van der Waals surface area contributed by atoms with Gasteiger partial charge < -0.3 is 0 Å². The van der Waals surface area contributed by atoms with Crippen molar-refractivity contribution < 1.29 is 39.9 Å². The number of rotatable bonds is 6. The average molecular weight is 512 g/mol. The lowest BCUT2D eigenvalue weighted by Crippen LogP contribution is -2.17. The number of carbonyl (C=O) groups is 1. The number of halogens is 4. The Labute approximate surface area is 196 Å². The second kappa shape index (κ2) is 12.4. The molecule has 9 nitrogen and oxygen atoms in total. The first-order valence-corrected chi connectivity index (χ1v) is 10.6. The maximum absolute atomic E-state index is 13.1. The molecule has 0 aliphatic carbocycles. The van der Waals surface area contributed by atoms with E-state index in [1.807, 2.05) is 0 Å². The first-order valence-electron chi connectivity index (χ1n) is 9.25. The predicted molar refractivity (Wildman–Crippen MR) is 120 cm³/mol. The summed E-state index contributed by atoms with van der Waals surface area (Å²) in [6, 6.07) is 12.8. The molecular formula is C21H16F4N4O5S. The van der Waals surface area contributed by atoms with Crippen molar-refractivity contribution in [3.8, 4) is 0 Å². The monoisotopic (exact) mass is 512 g/mol. The molecule has 0 aliphatic rings. The lowest BCUT2D eigenvalue weighted by Gasteiger charge is -2.03. The first-order chi connectivity index (χ1) is 16.4. The van der Waals surface area contributed by atoms with Crippen molar-refractivity contribution in [2.45, 2.75) is 0 Å². The lowest BCUT2D eigenvalue weighted by molar-refractivity contribution is 0.0955. The number of carbonyl (C=O) groups excluding carboxylic acids is 1. The SMILES string of the molecule is O=C(N/N=C/c1ccc(F)c(F)c1)c1ccc(N/N=C/c2ccc(F)c(F)c2)cc1.O=S(=O)(O)O. The van der Waals surface area contributed by atoms with Crippen molar-refractivity contribution in [3.63, 3.8) is 0 Å². The van der Waals surface area contributed by atoms with Gasteiger partial charge in [-0.15, -0.1) is 0 Å². The minimum Gasteiger partial charge on any atom is -0.279 e. The molecule has 3 aromatic rings. The fourth-order valence-corrected chi connectivity index (χ4v) is 2.29. The maximum Gasteiger partial charge on any atom is 0.394 e. The molecule has 0 aromatic heterocycles. The smallest absolute Gasteiger partial charge is 0.279 e. The number of hydrazone groups is 2. The predicted octanol–water partition coefficient (Wildman–Crippen LogP) is 3.80. The highest BCUT2D eigenvalue weighted by molar-refractivity contribution is 7.79. The molecule has 3 aromatic carbocycles. The molecule has 35 heavy (non-hydrogen) atoms. The summed E-state index contributed by atoms with van der Waals surface area (Å²) in [7, 11) is -4.67. The van der Waals surface area contributed by atoms with Gasteiger partial charge in [-0.3, -0.25) is 19.3 Å². The molecule has 0 unspecified atom stereocenters. The standard InChI is InChI=1S/C21H14F4N4O.H2O4S/c22-17-7-1-13(9-19(17)24)11-26-28-16-5-3-15(4-6-16)21(30)29-27-12-14-2-8-18(23)20(25)10-14;1-5(2,3)4/h1-12,28H,(H,29,30);(H2,1,2,3,4)/b26-11+,27-12+;. The molecule has 0 saturated carbocycles. The minimum atomic E-state index is -4.67. The van der Waals surface area contributed by atoms with E-state index in [0.29, 0.717) is 16.8 Å². The zero-order valence-corrected chi connectivity index (χ0v) is 18.2. The summed E-state index contributed by atoms with van der Waals surface area (Å²) < 4.78 is 83.6. The summed E-state index contributed by atoms with van der Waals surface area (Å²) in [6.07, 6.45) is 2.50. The molecule has 0 bridgehead atoms. The van der Waals surface area contributed by atoms with Gasteiger partial charge in [-0.2, -0.15) is 18.6 Å².